The number of amides is 1. The summed E-state index contributed by atoms with van der Waals surface area (Å²) in [7, 11) is 0. The van der Waals surface area contributed by atoms with E-state index in [0.29, 0.717) is 23.7 Å². The highest BCUT2D eigenvalue weighted by atomic mass is 16.5. The smallest absolute Gasteiger partial charge is 0.270 e. The molecule has 0 spiro atoms. The standard InChI is InChI=1S/C20H25N3O3/c24-16-5-7-17(8-6-16)26-18-9-11-21-19(15-18)20(25)22-10-1-2-12-23-13-3-4-14-23/h5-9,11,15,24H,1-4,10,12-14H2,(H,22,25). The number of benzene rings is 1. The van der Waals surface area contributed by atoms with E-state index in [9.17, 15) is 9.90 Å². The molecule has 1 aromatic heterocycles. The first kappa shape index (κ1) is 18.2. The molecular weight excluding hydrogens is 330 g/mol. The number of ether oxygens (including phenoxy) is 1. The Balaban J connectivity index is 1.44. The lowest BCUT2D eigenvalue weighted by Crippen LogP contribution is -2.26. The molecule has 0 unspecified atom stereocenters. The summed E-state index contributed by atoms with van der Waals surface area (Å²) in [5.74, 6) is 1.10. The van der Waals surface area contributed by atoms with E-state index in [0.717, 1.165) is 19.4 Å². The Morgan fingerprint density at radius 1 is 1.12 bits per heavy atom. The molecule has 0 aliphatic carbocycles. The molecule has 1 aromatic carbocycles. The maximum Gasteiger partial charge on any atom is 0.270 e. The van der Waals surface area contributed by atoms with Gasteiger partial charge in [0.15, 0.2) is 0 Å². The number of nitrogens with one attached hydrogen (secondary N) is 1. The topological polar surface area (TPSA) is 74.7 Å². The number of carbonyl (C=O) groups excluding carboxylic acids is 1. The predicted octanol–water partition coefficient (Wildman–Crippen LogP) is 3.19. The van der Waals surface area contributed by atoms with E-state index >= 15 is 0 Å². The second kappa shape index (κ2) is 9.20. The van der Waals surface area contributed by atoms with Gasteiger partial charge in [-0.05, 0) is 75.6 Å². The van der Waals surface area contributed by atoms with Gasteiger partial charge >= 0.3 is 0 Å². The summed E-state index contributed by atoms with van der Waals surface area (Å²) in [5, 5.41) is 12.2. The first-order valence-electron chi connectivity index (χ1n) is 9.14. The SMILES string of the molecule is O=C(NCCCCN1CCCC1)c1cc(Oc2ccc(O)cc2)ccn1. The van der Waals surface area contributed by atoms with E-state index in [-0.39, 0.29) is 11.7 Å². The number of rotatable bonds is 8. The molecule has 3 rings (SSSR count). The van der Waals surface area contributed by atoms with Crippen LogP contribution in [0.5, 0.6) is 17.2 Å². The maximum absolute atomic E-state index is 12.2. The van der Waals surface area contributed by atoms with Gasteiger partial charge in [0.1, 0.15) is 22.9 Å². The normalized spacial score (nSPS) is 14.3. The average molecular weight is 355 g/mol. The first-order valence-corrected chi connectivity index (χ1v) is 9.14. The number of phenols is 1. The Morgan fingerprint density at radius 3 is 2.65 bits per heavy atom. The van der Waals surface area contributed by atoms with E-state index in [2.05, 4.69) is 15.2 Å². The number of pyridine rings is 1. The van der Waals surface area contributed by atoms with Crippen molar-refractivity contribution in [2.75, 3.05) is 26.2 Å². The quantitative estimate of drug-likeness (QED) is 0.712. The molecule has 0 radical (unpaired) electrons. The lowest BCUT2D eigenvalue weighted by molar-refractivity contribution is 0.0947. The van der Waals surface area contributed by atoms with Gasteiger partial charge in [-0.2, -0.15) is 0 Å². The molecule has 6 heteroatoms. The van der Waals surface area contributed by atoms with Gasteiger partial charge in [0.25, 0.3) is 5.91 Å². The fraction of sp³-hybridized carbons (Fsp3) is 0.400. The van der Waals surface area contributed by atoms with E-state index in [1.165, 1.54) is 25.9 Å². The Hall–Kier alpha value is -2.60. The predicted molar refractivity (Wildman–Crippen MR) is 99.7 cm³/mol. The molecule has 1 fully saturated rings. The van der Waals surface area contributed by atoms with Crippen LogP contribution < -0.4 is 10.1 Å². The number of nitrogens with zero attached hydrogens (tertiary/aromatic N) is 2. The molecular formula is C20H25N3O3. The minimum absolute atomic E-state index is 0.178. The Morgan fingerprint density at radius 2 is 1.88 bits per heavy atom. The van der Waals surface area contributed by atoms with Crippen molar-refractivity contribution >= 4 is 5.91 Å². The minimum atomic E-state index is -0.192. The third kappa shape index (κ3) is 5.46. The minimum Gasteiger partial charge on any atom is -0.508 e. The number of phenolic OH excluding ortho intramolecular Hbond substituents is 1. The Kier molecular flexibility index (Phi) is 6.44. The first-order chi connectivity index (χ1) is 12.7. The number of likely N-dealkylation sites (tertiary alicyclic amines) is 1. The zero-order valence-electron chi connectivity index (χ0n) is 14.9. The lowest BCUT2D eigenvalue weighted by Gasteiger charge is -2.14. The van der Waals surface area contributed by atoms with Crippen LogP contribution in [0, 0.1) is 0 Å². The average Bonchev–Trinajstić information content (AvgIpc) is 3.17. The number of hydrogen-bond acceptors (Lipinski definition) is 5. The molecule has 0 saturated carbocycles. The molecule has 6 nitrogen and oxygen atoms in total. The molecule has 2 heterocycles. The molecule has 1 amide bonds. The van der Waals surface area contributed by atoms with Crippen LogP contribution in [-0.4, -0.2) is 47.1 Å². The van der Waals surface area contributed by atoms with Gasteiger partial charge in [0, 0.05) is 18.8 Å². The molecule has 2 aromatic rings. The van der Waals surface area contributed by atoms with Crippen LogP contribution in [-0.2, 0) is 0 Å². The van der Waals surface area contributed by atoms with Crippen molar-refractivity contribution < 1.29 is 14.6 Å². The summed E-state index contributed by atoms with van der Waals surface area (Å²) in [4.78, 5) is 18.8. The van der Waals surface area contributed by atoms with Crippen LogP contribution in [0.1, 0.15) is 36.2 Å². The van der Waals surface area contributed by atoms with Crippen molar-refractivity contribution in [3.63, 3.8) is 0 Å². The highest BCUT2D eigenvalue weighted by Gasteiger charge is 2.11. The van der Waals surface area contributed by atoms with Crippen molar-refractivity contribution in [1.82, 2.24) is 15.2 Å². The van der Waals surface area contributed by atoms with Gasteiger partial charge in [-0.3, -0.25) is 9.78 Å². The summed E-state index contributed by atoms with van der Waals surface area (Å²) < 4.78 is 5.69. The summed E-state index contributed by atoms with van der Waals surface area (Å²) >= 11 is 0. The highest BCUT2D eigenvalue weighted by molar-refractivity contribution is 5.92. The van der Waals surface area contributed by atoms with Crippen LogP contribution in [0.25, 0.3) is 0 Å². The van der Waals surface area contributed by atoms with Crippen LogP contribution in [0.2, 0.25) is 0 Å². The zero-order valence-corrected chi connectivity index (χ0v) is 14.9. The van der Waals surface area contributed by atoms with Crippen LogP contribution in [0.3, 0.4) is 0 Å². The van der Waals surface area contributed by atoms with Crippen molar-refractivity contribution in [2.24, 2.45) is 0 Å². The molecule has 0 bridgehead atoms. The van der Waals surface area contributed by atoms with E-state index < -0.39 is 0 Å². The van der Waals surface area contributed by atoms with Gasteiger partial charge < -0.3 is 20.1 Å². The summed E-state index contributed by atoms with van der Waals surface area (Å²) in [6, 6.07) is 9.73. The summed E-state index contributed by atoms with van der Waals surface area (Å²) in [6.07, 6.45) is 6.23. The van der Waals surface area contributed by atoms with Crippen LogP contribution in [0.15, 0.2) is 42.6 Å². The van der Waals surface area contributed by atoms with Gasteiger partial charge in [-0.15, -0.1) is 0 Å². The Labute approximate surface area is 153 Å². The zero-order chi connectivity index (χ0) is 18.2. The van der Waals surface area contributed by atoms with Gasteiger partial charge in [-0.1, -0.05) is 0 Å². The largest absolute Gasteiger partial charge is 0.508 e. The lowest BCUT2D eigenvalue weighted by atomic mass is 10.2. The molecule has 1 saturated heterocycles. The Bertz CT molecular complexity index is 712. The fourth-order valence-corrected chi connectivity index (χ4v) is 3.01. The molecule has 1 aliphatic heterocycles. The summed E-state index contributed by atoms with van der Waals surface area (Å²) in [6.45, 7) is 4.19. The number of carbonyl (C=O) groups is 1. The molecule has 1 aliphatic rings. The molecule has 26 heavy (non-hydrogen) atoms. The maximum atomic E-state index is 12.2. The number of hydrogen-bond donors (Lipinski definition) is 2. The number of unbranched alkanes of at least 4 members (excludes halogenated alkanes) is 1. The van der Waals surface area contributed by atoms with Gasteiger partial charge in [-0.25, -0.2) is 0 Å². The van der Waals surface area contributed by atoms with Gasteiger partial charge in [0.05, 0.1) is 0 Å². The van der Waals surface area contributed by atoms with Gasteiger partial charge in [0.2, 0.25) is 0 Å². The summed E-state index contributed by atoms with van der Waals surface area (Å²) in [5.41, 5.74) is 0.334. The monoisotopic (exact) mass is 355 g/mol. The van der Waals surface area contributed by atoms with Crippen LogP contribution in [0.4, 0.5) is 0 Å². The third-order valence-electron chi connectivity index (χ3n) is 4.42. The fourth-order valence-electron chi connectivity index (χ4n) is 3.01. The molecule has 0 atom stereocenters. The van der Waals surface area contributed by atoms with E-state index in [4.69, 9.17) is 4.74 Å². The second-order valence-electron chi connectivity index (χ2n) is 6.48. The van der Waals surface area contributed by atoms with E-state index in [1.807, 2.05) is 0 Å². The second-order valence-corrected chi connectivity index (χ2v) is 6.48. The number of aromatic nitrogens is 1. The van der Waals surface area contributed by atoms with Crippen molar-refractivity contribution in [3.8, 4) is 17.2 Å². The number of aromatic hydroxyl groups is 1. The molecule has 138 valence electrons. The third-order valence-corrected chi connectivity index (χ3v) is 4.42. The van der Waals surface area contributed by atoms with Crippen molar-refractivity contribution in [3.05, 3.63) is 48.3 Å². The van der Waals surface area contributed by atoms with Crippen molar-refractivity contribution in [2.45, 2.75) is 25.7 Å². The highest BCUT2D eigenvalue weighted by Crippen LogP contribution is 2.23. The van der Waals surface area contributed by atoms with Crippen LogP contribution >= 0.6 is 0 Å². The van der Waals surface area contributed by atoms with Crippen molar-refractivity contribution in [1.29, 1.82) is 0 Å². The van der Waals surface area contributed by atoms with E-state index in [1.54, 1.807) is 42.6 Å². The molecule has 2 N–H and O–H groups in total.